The zero-order chi connectivity index (χ0) is 23.9. The van der Waals surface area contributed by atoms with Gasteiger partial charge in [-0.15, -0.1) is 6.58 Å². The van der Waals surface area contributed by atoms with Crippen molar-refractivity contribution < 1.29 is 19.0 Å². The van der Waals surface area contributed by atoms with Gasteiger partial charge in [-0.2, -0.15) is 0 Å². The van der Waals surface area contributed by atoms with E-state index in [9.17, 15) is 4.79 Å². The maximum Gasteiger partial charge on any atom is 0.185 e. The minimum absolute atomic E-state index is 0.0828. The molecule has 0 fully saturated rings. The Hall–Kier alpha value is -3.27. The maximum absolute atomic E-state index is 12.8. The zero-order valence-corrected chi connectivity index (χ0v) is 20.0. The number of benzene rings is 2. The van der Waals surface area contributed by atoms with E-state index in [4.69, 9.17) is 14.2 Å². The first kappa shape index (κ1) is 26.0. The molecule has 33 heavy (non-hydrogen) atoms. The molecule has 2 aromatic carbocycles. The Morgan fingerprint density at radius 1 is 0.879 bits per heavy atom. The van der Waals surface area contributed by atoms with Crippen molar-refractivity contribution in [3.8, 4) is 17.2 Å². The zero-order valence-electron chi connectivity index (χ0n) is 20.0. The summed E-state index contributed by atoms with van der Waals surface area (Å²) in [6, 6.07) is 11.0. The molecule has 0 aliphatic heterocycles. The van der Waals surface area contributed by atoms with Gasteiger partial charge in [-0.3, -0.25) is 4.79 Å². The van der Waals surface area contributed by atoms with Gasteiger partial charge >= 0.3 is 0 Å². The second-order valence-corrected chi connectivity index (χ2v) is 7.71. The molecule has 0 unspecified atom stereocenters. The number of allylic oxidation sites excluding steroid dienone is 2. The van der Waals surface area contributed by atoms with Crippen molar-refractivity contribution in [3.05, 3.63) is 84.5 Å². The molecule has 0 N–H and O–H groups in total. The van der Waals surface area contributed by atoms with Crippen LogP contribution in [0, 0.1) is 0 Å². The first-order chi connectivity index (χ1) is 16.1. The van der Waals surface area contributed by atoms with Crippen LogP contribution in [0.5, 0.6) is 17.2 Å². The van der Waals surface area contributed by atoms with Crippen LogP contribution >= 0.6 is 0 Å². The van der Waals surface area contributed by atoms with E-state index in [0.29, 0.717) is 37.6 Å². The van der Waals surface area contributed by atoms with Gasteiger partial charge in [0, 0.05) is 17.2 Å². The summed E-state index contributed by atoms with van der Waals surface area (Å²) in [5.74, 6) is 2.15. The number of ketones is 1. The minimum atomic E-state index is -0.0828. The molecule has 0 saturated heterocycles. The van der Waals surface area contributed by atoms with Crippen LogP contribution in [0.4, 0.5) is 0 Å². The van der Waals surface area contributed by atoms with Gasteiger partial charge in [-0.25, -0.2) is 0 Å². The summed E-state index contributed by atoms with van der Waals surface area (Å²) in [5.41, 5.74) is 2.49. The lowest BCUT2D eigenvalue weighted by Crippen LogP contribution is -2.04. The SMILES string of the molecule is C=CCOc1ccc(C(=O)/C=C/c2cc(OCCCC)cc(OCCCC)c2CC=C)cc1. The maximum atomic E-state index is 12.8. The third-order valence-corrected chi connectivity index (χ3v) is 5.01. The molecule has 0 aliphatic carbocycles. The average molecular weight is 449 g/mol. The van der Waals surface area contributed by atoms with Crippen molar-refractivity contribution >= 4 is 11.9 Å². The molecule has 0 bridgehead atoms. The average Bonchev–Trinajstić information content (AvgIpc) is 2.83. The van der Waals surface area contributed by atoms with Crippen LogP contribution in [0.1, 0.15) is 61.0 Å². The lowest BCUT2D eigenvalue weighted by molar-refractivity contribution is 0.104. The highest BCUT2D eigenvalue weighted by molar-refractivity contribution is 6.07. The molecule has 0 amide bonds. The lowest BCUT2D eigenvalue weighted by atomic mass is 10.0. The summed E-state index contributed by atoms with van der Waals surface area (Å²) in [4.78, 5) is 12.8. The van der Waals surface area contributed by atoms with E-state index in [1.54, 1.807) is 36.4 Å². The topological polar surface area (TPSA) is 44.8 Å². The largest absolute Gasteiger partial charge is 0.493 e. The van der Waals surface area contributed by atoms with Gasteiger partial charge in [0.05, 0.1) is 13.2 Å². The Morgan fingerprint density at radius 3 is 2.21 bits per heavy atom. The Balaban J connectivity index is 2.29. The van der Waals surface area contributed by atoms with Crippen molar-refractivity contribution in [3.63, 3.8) is 0 Å². The highest BCUT2D eigenvalue weighted by atomic mass is 16.5. The Kier molecular flexibility index (Phi) is 11.6. The van der Waals surface area contributed by atoms with Crippen molar-refractivity contribution in [2.45, 2.75) is 46.0 Å². The van der Waals surface area contributed by atoms with Crippen LogP contribution in [-0.2, 0) is 6.42 Å². The molecule has 4 heteroatoms. The minimum Gasteiger partial charge on any atom is -0.493 e. The molecule has 0 spiro atoms. The molecule has 0 heterocycles. The molecule has 0 atom stereocenters. The molecule has 0 aromatic heterocycles. The lowest BCUT2D eigenvalue weighted by Gasteiger charge is -2.16. The summed E-state index contributed by atoms with van der Waals surface area (Å²) in [6.07, 6.45) is 11.7. The van der Waals surface area contributed by atoms with Crippen LogP contribution < -0.4 is 14.2 Å². The van der Waals surface area contributed by atoms with E-state index in [1.807, 2.05) is 24.3 Å². The summed E-state index contributed by atoms with van der Waals surface area (Å²) < 4.78 is 17.5. The smallest absolute Gasteiger partial charge is 0.185 e. The first-order valence-corrected chi connectivity index (χ1v) is 11.7. The van der Waals surface area contributed by atoms with E-state index in [1.165, 1.54) is 0 Å². The van der Waals surface area contributed by atoms with Gasteiger partial charge in [0.25, 0.3) is 0 Å². The standard InChI is InChI=1S/C29H36O4/c1-5-9-19-32-26-21-24(27(11-7-3)29(22-26)33-20-10-6-2)14-17-28(30)23-12-15-25(16-13-23)31-18-8-4/h7-8,12-17,21-22H,3-6,9-11,18-20H2,1-2H3/b17-14+. The van der Waals surface area contributed by atoms with Gasteiger partial charge in [0.1, 0.15) is 23.9 Å². The molecule has 176 valence electrons. The van der Waals surface area contributed by atoms with Gasteiger partial charge in [-0.1, -0.05) is 51.5 Å². The summed E-state index contributed by atoms with van der Waals surface area (Å²) in [5, 5.41) is 0. The Morgan fingerprint density at radius 2 is 1.58 bits per heavy atom. The van der Waals surface area contributed by atoms with Crippen LogP contribution in [0.3, 0.4) is 0 Å². The molecule has 4 nitrogen and oxygen atoms in total. The van der Waals surface area contributed by atoms with Crippen molar-refractivity contribution in [2.75, 3.05) is 19.8 Å². The van der Waals surface area contributed by atoms with Crippen LogP contribution in [0.25, 0.3) is 6.08 Å². The van der Waals surface area contributed by atoms with Gasteiger partial charge in [-0.05, 0) is 61.2 Å². The predicted molar refractivity (Wildman–Crippen MR) is 137 cm³/mol. The Bertz CT molecular complexity index is 925. The normalized spacial score (nSPS) is 10.7. The number of hydrogen-bond acceptors (Lipinski definition) is 4. The second kappa shape index (κ2) is 14.7. The van der Waals surface area contributed by atoms with Crippen molar-refractivity contribution in [1.29, 1.82) is 0 Å². The predicted octanol–water partition coefficient (Wildman–Crippen LogP) is 7.23. The number of ether oxygens (including phenoxy) is 3. The van der Waals surface area contributed by atoms with Gasteiger partial charge in [0.2, 0.25) is 0 Å². The quantitative estimate of drug-likeness (QED) is 0.118. The number of carbonyl (C=O) groups is 1. The molecule has 2 rings (SSSR count). The Labute approximate surface area is 198 Å². The fourth-order valence-electron chi connectivity index (χ4n) is 3.16. The van der Waals surface area contributed by atoms with E-state index in [0.717, 1.165) is 48.3 Å². The van der Waals surface area contributed by atoms with Crippen LogP contribution in [0.15, 0.2) is 67.8 Å². The number of unbranched alkanes of at least 4 members (excludes halogenated alkanes) is 2. The van der Waals surface area contributed by atoms with Gasteiger partial charge in [0.15, 0.2) is 5.78 Å². The van der Waals surface area contributed by atoms with E-state index < -0.39 is 0 Å². The molecular weight excluding hydrogens is 412 g/mol. The fourth-order valence-corrected chi connectivity index (χ4v) is 3.16. The molecule has 2 aromatic rings. The number of carbonyl (C=O) groups excluding carboxylic acids is 1. The molecule has 0 saturated carbocycles. The molecule has 0 aliphatic rings. The van der Waals surface area contributed by atoms with Crippen molar-refractivity contribution in [1.82, 2.24) is 0 Å². The third kappa shape index (κ3) is 8.64. The van der Waals surface area contributed by atoms with E-state index in [-0.39, 0.29) is 5.78 Å². The highest BCUT2D eigenvalue weighted by Crippen LogP contribution is 2.31. The number of rotatable bonds is 16. The van der Waals surface area contributed by atoms with E-state index in [2.05, 4.69) is 27.0 Å². The second-order valence-electron chi connectivity index (χ2n) is 7.71. The molecule has 0 radical (unpaired) electrons. The highest BCUT2D eigenvalue weighted by Gasteiger charge is 2.12. The monoisotopic (exact) mass is 448 g/mol. The molecular formula is C29H36O4. The summed E-state index contributed by atoms with van der Waals surface area (Å²) in [6.45, 7) is 13.5. The number of hydrogen-bond donors (Lipinski definition) is 0. The van der Waals surface area contributed by atoms with Crippen LogP contribution in [0.2, 0.25) is 0 Å². The fraction of sp³-hybridized carbons (Fsp3) is 0.345. The van der Waals surface area contributed by atoms with Gasteiger partial charge < -0.3 is 14.2 Å². The van der Waals surface area contributed by atoms with E-state index >= 15 is 0 Å². The summed E-state index contributed by atoms with van der Waals surface area (Å²) >= 11 is 0. The third-order valence-electron chi connectivity index (χ3n) is 5.01. The van der Waals surface area contributed by atoms with Crippen molar-refractivity contribution in [2.24, 2.45) is 0 Å². The summed E-state index contributed by atoms with van der Waals surface area (Å²) in [7, 11) is 0. The first-order valence-electron chi connectivity index (χ1n) is 11.7. The van der Waals surface area contributed by atoms with Crippen LogP contribution in [-0.4, -0.2) is 25.6 Å².